The molecule has 0 fully saturated rings. The number of hydrogen-bond acceptors (Lipinski definition) is 5. The van der Waals surface area contributed by atoms with Gasteiger partial charge in [-0.05, 0) is 35.0 Å². The van der Waals surface area contributed by atoms with E-state index in [0.29, 0.717) is 16.7 Å². The van der Waals surface area contributed by atoms with Crippen LogP contribution in [0, 0.1) is 0 Å². The van der Waals surface area contributed by atoms with Gasteiger partial charge in [0.2, 0.25) is 5.89 Å². The minimum absolute atomic E-state index is 0.0155. The molecule has 34 heavy (non-hydrogen) atoms. The van der Waals surface area contributed by atoms with Gasteiger partial charge in [-0.2, -0.15) is 18.2 Å². The lowest BCUT2D eigenvalue weighted by Crippen LogP contribution is -2.03. The minimum Gasteiger partial charge on any atom is -0.435 e. The van der Waals surface area contributed by atoms with Crippen LogP contribution in [0.4, 0.5) is 13.2 Å². The second kappa shape index (κ2) is 7.02. The van der Waals surface area contributed by atoms with Crippen LogP contribution in [0.1, 0.15) is 32.2 Å². The Hall–Kier alpha value is -4.46. The molecule has 0 saturated carbocycles. The number of furan rings is 1. The highest BCUT2D eigenvalue weighted by Crippen LogP contribution is 2.35. The van der Waals surface area contributed by atoms with Gasteiger partial charge in [-0.3, -0.25) is 9.59 Å². The van der Waals surface area contributed by atoms with E-state index in [0.717, 1.165) is 22.9 Å². The highest BCUT2D eigenvalue weighted by atomic mass is 19.4. The van der Waals surface area contributed by atoms with Gasteiger partial charge in [-0.15, -0.1) is 0 Å². The molecule has 2 heterocycles. The molecule has 0 spiro atoms. The number of alkyl halides is 3. The molecule has 1 aliphatic rings. The molecule has 3 aromatic carbocycles. The number of nitrogens with zero attached hydrogens (tertiary/aromatic N) is 1. The van der Waals surface area contributed by atoms with E-state index in [9.17, 15) is 22.8 Å². The van der Waals surface area contributed by atoms with Crippen molar-refractivity contribution in [2.24, 2.45) is 0 Å². The maximum atomic E-state index is 12.9. The van der Waals surface area contributed by atoms with E-state index in [1.165, 1.54) is 24.3 Å². The zero-order valence-corrected chi connectivity index (χ0v) is 17.1. The smallest absolute Gasteiger partial charge is 0.416 e. The second-order valence-electron chi connectivity index (χ2n) is 7.87. The van der Waals surface area contributed by atoms with Gasteiger partial charge in [0.25, 0.3) is 5.71 Å². The van der Waals surface area contributed by atoms with Gasteiger partial charge in [0.1, 0.15) is 5.76 Å². The quantitative estimate of drug-likeness (QED) is 0.216. The van der Waals surface area contributed by atoms with Crippen LogP contribution in [0.3, 0.4) is 0 Å². The number of carbonyl (C=O) groups excluding carboxylic acids is 2. The van der Waals surface area contributed by atoms with Gasteiger partial charge < -0.3 is 8.83 Å². The molecular formula is C26H12F3NO4. The predicted octanol–water partition coefficient (Wildman–Crippen LogP) is 6.72. The predicted molar refractivity (Wildman–Crippen MR) is 117 cm³/mol. The van der Waals surface area contributed by atoms with Gasteiger partial charge >= 0.3 is 6.18 Å². The Morgan fingerprint density at radius 1 is 0.794 bits per heavy atom. The van der Waals surface area contributed by atoms with Crippen molar-refractivity contribution in [3.05, 3.63) is 94.9 Å². The van der Waals surface area contributed by atoms with Crippen molar-refractivity contribution < 1.29 is 31.6 Å². The Kier molecular flexibility index (Phi) is 4.16. The first-order valence-electron chi connectivity index (χ1n) is 10.2. The van der Waals surface area contributed by atoms with Crippen molar-refractivity contribution in [2.45, 2.75) is 6.18 Å². The molecule has 0 atom stereocenters. The molecule has 0 amide bonds. The number of fused-ring (bicyclic) bond motifs is 3. The highest BCUT2D eigenvalue weighted by Gasteiger charge is 2.34. The van der Waals surface area contributed by atoms with Gasteiger partial charge in [-0.1, -0.05) is 36.4 Å². The molecule has 0 radical (unpaired) electrons. The zero-order chi connectivity index (χ0) is 23.6. The number of halogens is 3. The minimum atomic E-state index is -4.43. The fraction of sp³-hybridized carbons (Fsp3) is 0.0385. The van der Waals surface area contributed by atoms with Crippen LogP contribution in [0.25, 0.3) is 39.5 Å². The Bertz CT molecular complexity index is 1580. The average molecular weight is 459 g/mol. The lowest BCUT2D eigenvalue weighted by atomic mass is 10.0. The molecule has 5 aromatic rings. The number of Topliss-reactive ketones (excluding diaryl/α,β-unsaturated/α-hetero) is 2. The number of carbonyl (C=O) groups is 2. The van der Waals surface area contributed by atoms with E-state index in [2.05, 4.69) is 4.98 Å². The molecule has 0 saturated heterocycles. The Balaban J connectivity index is 1.32. The van der Waals surface area contributed by atoms with Crippen LogP contribution in [0.5, 0.6) is 0 Å². The maximum Gasteiger partial charge on any atom is 0.416 e. The normalized spacial score (nSPS) is 13.8. The number of ketones is 2. The number of rotatable bonds is 2. The zero-order valence-electron chi connectivity index (χ0n) is 17.1. The number of allylic oxidation sites excluding steroid dienone is 1. The summed E-state index contributed by atoms with van der Waals surface area (Å²) in [5, 5.41) is 1.71. The third-order valence-corrected chi connectivity index (χ3v) is 5.73. The van der Waals surface area contributed by atoms with Crippen LogP contribution in [-0.4, -0.2) is 16.6 Å². The Labute approximate surface area is 189 Å². The molecule has 0 N–H and O–H groups in total. The standard InChI is InChI=1S/C26H12F3NO4/c27-26(28,29)16-7-5-13(6-8-16)20-12-21-25(34-20)30-22(33-21)11-19-23(31)17-9-14-3-1-2-4-15(14)10-18(17)24(19)32/h1-12H. The molecular weight excluding hydrogens is 447 g/mol. The SMILES string of the molecule is O=C1C(=Cc2nc3oc(-c4ccc(C(F)(F)F)cc4)cc3o2)C(=O)c2cc3ccccc3cc21. The molecule has 0 unspecified atom stereocenters. The summed E-state index contributed by atoms with van der Waals surface area (Å²) in [5.74, 6) is -0.528. The number of oxazole rings is 1. The maximum absolute atomic E-state index is 12.9. The summed E-state index contributed by atoms with van der Waals surface area (Å²) in [6, 6.07) is 16.8. The summed E-state index contributed by atoms with van der Waals surface area (Å²) in [5.41, 5.74) is 0.593. The first kappa shape index (κ1) is 20.2. The van der Waals surface area contributed by atoms with E-state index >= 15 is 0 Å². The fourth-order valence-electron chi connectivity index (χ4n) is 4.04. The third kappa shape index (κ3) is 3.14. The molecule has 8 heteroatoms. The summed E-state index contributed by atoms with van der Waals surface area (Å²) in [6.45, 7) is 0. The van der Waals surface area contributed by atoms with Crippen LogP contribution in [0.15, 0.2) is 81.1 Å². The summed E-state index contributed by atoms with van der Waals surface area (Å²) in [4.78, 5) is 29.9. The summed E-state index contributed by atoms with van der Waals surface area (Å²) < 4.78 is 49.5. The van der Waals surface area contributed by atoms with E-state index < -0.39 is 23.3 Å². The van der Waals surface area contributed by atoms with Crippen molar-refractivity contribution in [2.75, 3.05) is 0 Å². The van der Waals surface area contributed by atoms with Crippen molar-refractivity contribution in [3.63, 3.8) is 0 Å². The average Bonchev–Trinajstić information content (AvgIpc) is 3.45. The largest absolute Gasteiger partial charge is 0.435 e. The summed E-state index contributed by atoms with van der Waals surface area (Å²) in [6.07, 6.45) is -3.15. The first-order valence-corrected chi connectivity index (χ1v) is 10.2. The lowest BCUT2D eigenvalue weighted by molar-refractivity contribution is -0.137. The monoisotopic (exact) mass is 459 g/mol. The first-order chi connectivity index (χ1) is 16.3. The van der Waals surface area contributed by atoms with Gasteiger partial charge in [0.05, 0.1) is 11.1 Å². The summed E-state index contributed by atoms with van der Waals surface area (Å²) >= 11 is 0. The molecule has 1 aliphatic carbocycles. The Morgan fingerprint density at radius 2 is 1.41 bits per heavy atom. The Morgan fingerprint density at radius 3 is 1.97 bits per heavy atom. The second-order valence-corrected chi connectivity index (χ2v) is 7.87. The van der Waals surface area contributed by atoms with Crippen LogP contribution >= 0.6 is 0 Å². The van der Waals surface area contributed by atoms with E-state index in [1.54, 1.807) is 12.1 Å². The van der Waals surface area contributed by atoms with Crippen molar-refractivity contribution >= 4 is 39.7 Å². The molecule has 0 bridgehead atoms. The molecule has 0 aliphatic heterocycles. The van der Waals surface area contributed by atoms with Crippen molar-refractivity contribution in [1.82, 2.24) is 4.98 Å². The van der Waals surface area contributed by atoms with Crippen LogP contribution < -0.4 is 0 Å². The molecule has 5 nitrogen and oxygen atoms in total. The van der Waals surface area contributed by atoms with Gasteiger partial charge in [0.15, 0.2) is 17.1 Å². The van der Waals surface area contributed by atoms with Crippen LogP contribution in [0.2, 0.25) is 0 Å². The number of hydrogen-bond donors (Lipinski definition) is 0. The lowest BCUT2D eigenvalue weighted by Gasteiger charge is -2.06. The molecule has 6 rings (SSSR count). The summed E-state index contributed by atoms with van der Waals surface area (Å²) in [7, 11) is 0. The highest BCUT2D eigenvalue weighted by molar-refractivity contribution is 6.42. The fourth-order valence-corrected chi connectivity index (χ4v) is 4.04. The molecule has 2 aromatic heterocycles. The molecule has 166 valence electrons. The van der Waals surface area contributed by atoms with E-state index in [-0.39, 0.29) is 28.5 Å². The van der Waals surface area contributed by atoms with Gasteiger partial charge in [-0.25, -0.2) is 0 Å². The van der Waals surface area contributed by atoms with Crippen molar-refractivity contribution in [1.29, 1.82) is 0 Å². The van der Waals surface area contributed by atoms with Crippen LogP contribution in [-0.2, 0) is 6.18 Å². The van der Waals surface area contributed by atoms with E-state index in [4.69, 9.17) is 8.83 Å². The van der Waals surface area contributed by atoms with Gasteiger partial charge in [0, 0.05) is 28.8 Å². The number of aromatic nitrogens is 1. The van der Waals surface area contributed by atoms with E-state index in [1.807, 2.05) is 24.3 Å². The van der Waals surface area contributed by atoms with Crippen molar-refractivity contribution in [3.8, 4) is 11.3 Å². The number of benzene rings is 3. The third-order valence-electron chi connectivity index (χ3n) is 5.73. The topological polar surface area (TPSA) is 73.3 Å².